The van der Waals surface area contributed by atoms with Crippen molar-refractivity contribution in [1.82, 2.24) is 15.5 Å². The Bertz CT molecular complexity index is 468. The minimum Gasteiger partial charge on any atom is -0.370 e. The van der Waals surface area contributed by atoms with Crippen molar-refractivity contribution in [3.63, 3.8) is 0 Å². The van der Waals surface area contributed by atoms with E-state index >= 15 is 0 Å². The van der Waals surface area contributed by atoms with Crippen LogP contribution in [0.15, 0.2) is 4.99 Å². The van der Waals surface area contributed by atoms with Crippen LogP contribution in [0.5, 0.6) is 0 Å². The number of carbonyl (C=O) groups is 3. The Balaban J connectivity index is 0.000000697. The van der Waals surface area contributed by atoms with Crippen molar-refractivity contribution in [1.29, 1.82) is 0 Å². The molecule has 1 heterocycles. The third kappa shape index (κ3) is 9.60. The Morgan fingerprint density at radius 2 is 1.96 bits per heavy atom. The fraction of sp³-hybridized carbons (Fsp3) is 0.733. The lowest BCUT2D eigenvalue weighted by Crippen LogP contribution is -2.49. The van der Waals surface area contributed by atoms with E-state index in [4.69, 9.17) is 11.5 Å². The second-order valence-electron chi connectivity index (χ2n) is 5.47. The molecule has 0 aliphatic carbocycles. The fourth-order valence-corrected chi connectivity index (χ4v) is 2.18. The average molecular weight is 360 g/mol. The molecule has 0 aromatic heterocycles. The number of aliphatic imine (C=N–C) groups is 1. The van der Waals surface area contributed by atoms with Crippen molar-refractivity contribution >= 4 is 23.6 Å². The van der Waals surface area contributed by atoms with E-state index in [-0.39, 0.29) is 25.0 Å². The number of hydrogen-bond acceptors (Lipinski definition) is 5. The van der Waals surface area contributed by atoms with Crippen LogP contribution in [-0.4, -0.2) is 74.4 Å². The van der Waals surface area contributed by atoms with Gasteiger partial charge in [0.15, 0.2) is 11.7 Å². The number of halogens is 1. The number of likely N-dealkylation sites (tertiary alicyclic amines) is 1. The van der Waals surface area contributed by atoms with Crippen molar-refractivity contribution in [3.05, 3.63) is 0 Å². The highest BCUT2D eigenvalue weighted by Gasteiger charge is 2.33. The lowest BCUT2D eigenvalue weighted by atomic mass is 10.2. The predicted molar refractivity (Wildman–Crippen MR) is 93.6 cm³/mol. The maximum atomic E-state index is 11.9. The summed E-state index contributed by atoms with van der Waals surface area (Å²) < 4.78 is 11.9. The maximum absolute atomic E-state index is 11.9. The Hall–Kier alpha value is -2.23. The van der Waals surface area contributed by atoms with Gasteiger partial charge in [0.1, 0.15) is 12.7 Å². The maximum Gasteiger partial charge on any atom is 0.243 e. The van der Waals surface area contributed by atoms with Crippen LogP contribution in [-0.2, 0) is 14.4 Å². The average Bonchev–Trinajstić information content (AvgIpc) is 3.08. The number of guanidine groups is 1. The van der Waals surface area contributed by atoms with Crippen molar-refractivity contribution in [2.24, 2.45) is 16.5 Å². The molecule has 1 aliphatic rings. The molecule has 1 atom stereocenters. The normalized spacial score (nSPS) is 15.8. The predicted octanol–water partition coefficient (Wildman–Crippen LogP) is -1.48. The molecule has 0 aromatic rings. The number of amides is 2. The Kier molecular flexibility index (Phi) is 11.9. The summed E-state index contributed by atoms with van der Waals surface area (Å²) in [4.78, 5) is 39.5. The molecular formula is C15H29FN6O3. The summed E-state index contributed by atoms with van der Waals surface area (Å²) in [5.41, 5.74) is 10.0. The van der Waals surface area contributed by atoms with Gasteiger partial charge in [-0.3, -0.25) is 19.4 Å². The smallest absolute Gasteiger partial charge is 0.243 e. The molecule has 0 bridgehead atoms. The van der Waals surface area contributed by atoms with Gasteiger partial charge < -0.3 is 27.0 Å². The number of nitrogens with one attached hydrogen (secondary N) is 2. The number of hydrogen-bond donors (Lipinski definition) is 4. The summed E-state index contributed by atoms with van der Waals surface area (Å²) >= 11 is 0. The SMILES string of the molecule is CCCN=C(N)N.CNCC(=O)N1CCCC1C(=O)NCC(=O)CF. The van der Waals surface area contributed by atoms with Gasteiger partial charge in [0, 0.05) is 13.1 Å². The zero-order valence-corrected chi connectivity index (χ0v) is 14.9. The van der Waals surface area contributed by atoms with Gasteiger partial charge in [-0.25, -0.2) is 4.39 Å². The molecule has 1 rings (SSSR count). The van der Waals surface area contributed by atoms with E-state index in [0.717, 1.165) is 19.4 Å². The van der Waals surface area contributed by atoms with Gasteiger partial charge in [-0.1, -0.05) is 6.92 Å². The van der Waals surface area contributed by atoms with Crippen LogP contribution in [0.25, 0.3) is 0 Å². The van der Waals surface area contributed by atoms with Crippen LogP contribution in [0, 0.1) is 0 Å². The highest BCUT2D eigenvalue weighted by molar-refractivity contribution is 5.92. The molecule has 144 valence electrons. The van der Waals surface area contributed by atoms with Crippen LogP contribution >= 0.6 is 0 Å². The molecule has 9 nitrogen and oxygen atoms in total. The number of nitrogens with two attached hydrogens (primary N) is 2. The molecule has 0 spiro atoms. The number of ketones is 1. The van der Waals surface area contributed by atoms with Gasteiger partial charge in [0.25, 0.3) is 0 Å². The van der Waals surface area contributed by atoms with Crippen molar-refractivity contribution in [2.45, 2.75) is 32.2 Å². The summed E-state index contributed by atoms with van der Waals surface area (Å²) in [6.45, 7) is 2.06. The quantitative estimate of drug-likeness (QED) is 0.307. The van der Waals surface area contributed by atoms with Gasteiger partial charge in [-0.2, -0.15) is 0 Å². The third-order valence-corrected chi connectivity index (χ3v) is 3.33. The van der Waals surface area contributed by atoms with Crippen molar-refractivity contribution < 1.29 is 18.8 Å². The summed E-state index contributed by atoms with van der Waals surface area (Å²) in [5.74, 6) is -1.03. The van der Waals surface area contributed by atoms with E-state index in [0.29, 0.717) is 13.0 Å². The van der Waals surface area contributed by atoms with E-state index in [2.05, 4.69) is 15.6 Å². The second kappa shape index (κ2) is 13.1. The molecule has 25 heavy (non-hydrogen) atoms. The van der Waals surface area contributed by atoms with Crippen LogP contribution in [0.3, 0.4) is 0 Å². The highest BCUT2D eigenvalue weighted by atomic mass is 19.1. The molecule has 1 aliphatic heterocycles. The Labute approximate surface area is 147 Å². The standard InChI is InChI=1S/C11H18FN3O3.C4H11N3/c1-13-7-10(17)15-4-2-3-9(15)11(18)14-6-8(16)5-12;1-2-3-7-4(5)6/h9,13H,2-7H2,1H3,(H,14,18);2-3H2,1H3,(H4,5,6,7). The van der Waals surface area contributed by atoms with Gasteiger partial charge in [0.05, 0.1) is 13.1 Å². The highest BCUT2D eigenvalue weighted by Crippen LogP contribution is 2.17. The summed E-state index contributed by atoms with van der Waals surface area (Å²) in [5, 5.41) is 5.10. The minimum atomic E-state index is -1.09. The summed E-state index contributed by atoms with van der Waals surface area (Å²) in [6, 6.07) is -0.543. The largest absolute Gasteiger partial charge is 0.370 e. The number of likely N-dealkylation sites (N-methyl/N-ethyl adjacent to an activating group) is 1. The second-order valence-corrected chi connectivity index (χ2v) is 5.47. The van der Waals surface area contributed by atoms with Crippen LogP contribution in [0.4, 0.5) is 4.39 Å². The lowest BCUT2D eigenvalue weighted by Gasteiger charge is -2.23. The van der Waals surface area contributed by atoms with Gasteiger partial charge >= 0.3 is 0 Å². The number of rotatable bonds is 8. The molecule has 0 aromatic carbocycles. The van der Waals surface area contributed by atoms with E-state index in [1.54, 1.807) is 7.05 Å². The summed E-state index contributed by atoms with van der Waals surface area (Å²) in [6.07, 6.45) is 2.33. The molecule has 0 saturated carbocycles. The first-order chi connectivity index (χ1) is 11.9. The number of Topliss-reactive ketones (excluding diaryl/α,β-unsaturated/α-hetero) is 1. The molecule has 0 radical (unpaired) electrons. The lowest BCUT2D eigenvalue weighted by molar-refractivity contribution is -0.138. The van der Waals surface area contributed by atoms with Crippen LogP contribution < -0.4 is 22.1 Å². The van der Waals surface area contributed by atoms with Crippen molar-refractivity contribution in [3.8, 4) is 0 Å². The molecule has 2 amide bonds. The van der Waals surface area contributed by atoms with E-state index in [1.165, 1.54) is 4.90 Å². The molecule has 1 saturated heterocycles. The van der Waals surface area contributed by atoms with E-state index in [9.17, 15) is 18.8 Å². The van der Waals surface area contributed by atoms with Gasteiger partial charge in [-0.15, -0.1) is 0 Å². The van der Waals surface area contributed by atoms with Crippen LogP contribution in [0.1, 0.15) is 26.2 Å². The molecule has 1 fully saturated rings. The molecule has 6 N–H and O–H groups in total. The van der Waals surface area contributed by atoms with E-state index < -0.39 is 24.4 Å². The van der Waals surface area contributed by atoms with Crippen LogP contribution in [0.2, 0.25) is 0 Å². The molecular weight excluding hydrogens is 331 g/mol. The minimum absolute atomic E-state index is 0.146. The number of carbonyl (C=O) groups excluding carboxylic acids is 3. The number of alkyl halides is 1. The van der Waals surface area contributed by atoms with Crippen molar-refractivity contribution in [2.75, 3.05) is 39.9 Å². The first-order valence-electron chi connectivity index (χ1n) is 8.22. The van der Waals surface area contributed by atoms with E-state index in [1.807, 2.05) is 6.92 Å². The van der Waals surface area contributed by atoms with Gasteiger partial charge in [-0.05, 0) is 26.3 Å². The monoisotopic (exact) mass is 360 g/mol. The zero-order valence-electron chi connectivity index (χ0n) is 14.9. The third-order valence-electron chi connectivity index (χ3n) is 3.33. The molecule has 1 unspecified atom stereocenters. The topological polar surface area (TPSA) is 143 Å². The first-order valence-corrected chi connectivity index (χ1v) is 8.22. The number of nitrogens with zero attached hydrogens (tertiary/aromatic N) is 2. The Morgan fingerprint density at radius 3 is 2.44 bits per heavy atom. The Morgan fingerprint density at radius 1 is 1.28 bits per heavy atom. The summed E-state index contributed by atoms with van der Waals surface area (Å²) in [7, 11) is 1.66. The molecule has 10 heteroatoms. The zero-order chi connectivity index (χ0) is 19.2. The van der Waals surface area contributed by atoms with Gasteiger partial charge in [0.2, 0.25) is 11.8 Å². The fourth-order valence-electron chi connectivity index (χ4n) is 2.18. The first kappa shape index (κ1) is 22.8.